The lowest BCUT2D eigenvalue weighted by Crippen LogP contribution is -2.54. The minimum Gasteiger partial charge on any atom is -0.339 e. The third-order valence-corrected chi connectivity index (χ3v) is 6.74. The largest absolute Gasteiger partial charge is 0.339 e. The van der Waals surface area contributed by atoms with Crippen molar-refractivity contribution in [2.24, 2.45) is 5.73 Å². The average molecular weight is 523 g/mol. The second kappa shape index (κ2) is 14.9. The highest BCUT2D eigenvalue weighted by Gasteiger charge is 2.38. The molecule has 7 nitrogen and oxygen atoms in total. The predicted octanol–water partition coefficient (Wildman–Crippen LogP) is 3.22. The predicted molar refractivity (Wildman–Crippen MR) is 139 cm³/mol. The van der Waals surface area contributed by atoms with Crippen LogP contribution in [-0.2, 0) is 11.2 Å². The molecule has 1 aromatic carbocycles. The Kier molecular flexibility index (Phi) is 13.4. The van der Waals surface area contributed by atoms with Crippen LogP contribution in [0.1, 0.15) is 44.1 Å². The maximum Gasteiger partial charge on any atom is 0.318 e. The van der Waals surface area contributed by atoms with Crippen LogP contribution in [0.4, 0.5) is 4.79 Å². The highest BCUT2D eigenvalue weighted by Crippen LogP contribution is 2.28. The van der Waals surface area contributed by atoms with Crippen LogP contribution in [0.3, 0.4) is 0 Å². The van der Waals surface area contributed by atoms with Crippen molar-refractivity contribution in [1.82, 2.24) is 20.4 Å². The zero-order valence-electron chi connectivity index (χ0n) is 19.3. The first-order valence-corrected chi connectivity index (χ1v) is 11.9. The molecule has 2 atom stereocenters. The number of likely N-dealkylation sites (tertiary alicyclic amines) is 1. The number of halogens is 3. The Balaban J connectivity index is 0.00000272. The second-order valence-electron chi connectivity index (χ2n) is 8.62. The van der Waals surface area contributed by atoms with E-state index in [9.17, 15) is 9.59 Å². The molecule has 0 radical (unpaired) electrons. The number of amides is 3. The van der Waals surface area contributed by atoms with Crippen molar-refractivity contribution in [2.45, 2.75) is 63.1 Å². The molecule has 1 aliphatic heterocycles. The van der Waals surface area contributed by atoms with Gasteiger partial charge in [-0.05, 0) is 50.4 Å². The van der Waals surface area contributed by atoms with Crippen molar-refractivity contribution in [1.29, 1.82) is 0 Å². The van der Waals surface area contributed by atoms with E-state index in [0.717, 1.165) is 37.7 Å². The molecule has 10 heteroatoms. The third-order valence-electron chi connectivity index (χ3n) is 6.49. The summed E-state index contributed by atoms with van der Waals surface area (Å²) < 4.78 is 0. The minimum absolute atomic E-state index is 0. The first-order chi connectivity index (χ1) is 15.0. The summed E-state index contributed by atoms with van der Waals surface area (Å²) in [5.74, 6) is 0.0888. The maximum atomic E-state index is 13.2. The number of urea groups is 1. The highest BCUT2D eigenvalue weighted by molar-refractivity contribution is 6.30. The van der Waals surface area contributed by atoms with Gasteiger partial charge in [-0.15, -0.1) is 24.8 Å². The maximum absolute atomic E-state index is 13.2. The summed E-state index contributed by atoms with van der Waals surface area (Å²) in [6.07, 6.45) is 7.05. The number of carbonyl (C=O) groups excluding carboxylic acids is 2. The molecule has 4 N–H and O–H groups in total. The summed E-state index contributed by atoms with van der Waals surface area (Å²) >= 11 is 5.98. The van der Waals surface area contributed by atoms with Gasteiger partial charge in [0.2, 0.25) is 5.91 Å². The van der Waals surface area contributed by atoms with Crippen LogP contribution in [-0.4, -0.2) is 73.1 Å². The van der Waals surface area contributed by atoms with E-state index >= 15 is 0 Å². The fraction of sp³-hybridized carbons (Fsp3) is 0.652. The second-order valence-corrected chi connectivity index (χ2v) is 9.05. The number of nitrogens with two attached hydrogens (primary N) is 1. The van der Waals surface area contributed by atoms with Gasteiger partial charge in [-0.2, -0.15) is 0 Å². The first-order valence-electron chi connectivity index (χ1n) is 11.5. The molecule has 3 amide bonds. The molecular formula is C23H38Cl3N5O2. The van der Waals surface area contributed by atoms with E-state index in [4.69, 9.17) is 17.3 Å². The third kappa shape index (κ3) is 8.18. The van der Waals surface area contributed by atoms with Gasteiger partial charge in [-0.1, -0.05) is 43.0 Å². The zero-order valence-corrected chi connectivity index (χ0v) is 21.7. The van der Waals surface area contributed by atoms with E-state index in [2.05, 4.69) is 10.6 Å². The first kappa shape index (κ1) is 29.8. The molecule has 1 aromatic rings. The van der Waals surface area contributed by atoms with Gasteiger partial charge in [-0.3, -0.25) is 4.79 Å². The van der Waals surface area contributed by atoms with E-state index in [1.165, 1.54) is 6.42 Å². The number of likely N-dealkylation sites (N-methyl/N-ethyl adjacent to an activating group) is 1. The molecule has 2 fully saturated rings. The smallest absolute Gasteiger partial charge is 0.318 e. The van der Waals surface area contributed by atoms with E-state index in [-0.39, 0.29) is 54.9 Å². The van der Waals surface area contributed by atoms with Gasteiger partial charge in [0.15, 0.2) is 0 Å². The topological polar surface area (TPSA) is 90.7 Å². The number of rotatable bonds is 8. The van der Waals surface area contributed by atoms with Gasteiger partial charge >= 0.3 is 6.03 Å². The number of hydrogen-bond donors (Lipinski definition) is 3. The van der Waals surface area contributed by atoms with Crippen LogP contribution in [0.15, 0.2) is 24.3 Å². The quantitative estimate of drug-likeness (QED) is 0.489. The Morgan fingerprint density at radius 2 is 1.79 bits per heavy atom. The molecule has 2 aliphatic rings. The van der Waals surface area contributed by atoms with Gasteiger partial charge in [0.25, 0.3) is 0 Å². The Morgan fingerprint density at radius 3 is 2.39 bits per heavy atom. The molecule has 1 saturated heterocycles. The lowest BCUT2D eigenvalue weighted by atomic mass is 9.93. The standard InChI is InChI=1S/C23H36ClN5O2.2ClH/c1-26-21(15-17-7-9-18(24)10-8-17)22(30)28-14-11-20(16-28)29(23(31)27-13-12-25)19-5-3-2-4-6-19;;/h7-10,19-21,26H,2-6,11-16,25H2,1H3,(H,27,31);2*1H/t20?,21-;;/m1../s1. The molecule has 0 aromatic heterocycles. The van der Waals surface area contributed by atoms with E-state index in [0.29, 0.717) is 37.6 Å². The lowest BCUT2D eigenvalue weighted by molar-refractivity contribution is -0.132. The lowest BCUT2D eigenvalue weighted by Gasteiger charge is -2.38. The van der Waals surface area contributed by atoms with Crippen molar-refractivity contribution in [3.05, 3.63) is 34.9 Å². The van der Waals surface area contributed by atoms with Crippen LogP contribution >= 0.6 is 36.4 Å². The van der Waals surface area contributed by atoms with Gasteiger partial charge in [0.1, 0.15) is 0 Å². The van der Waals surface area contributed by atoms with Crippen LogP contribution in [0.2, 0.25) is 5.02 Å². The molecule has 3 rings (SSSR count). The van der Waals surface area contributed by atoms with Gasteiger partial charge < -0.3 is 26.2 Å². The molecule has 1 saturated carbocycles. The summed E-state index contributed by atoms with van der Waals surface area (Å²) in [4.78, 5) is 30.1. The van der Waals surface area contributed by atoms with Gasteiger partial charge in [0.05, 0.1) is 12.1 Å². The van der Waals surface area contributed by atoms with Crippen molar-refractivity contribution in [3.63, 3.8) is 0 Å². The van der Waals surface area contributed by atoms with Crippen LogP contribution in [0, 0.1) is 0 Å². The Labute approximate surface area is 215 Å². The minimum atomic E-state index is -0.297. The number of nitrogens with zero attached hydrogens (tertiary/aromatic N) is 2. The highest BCUT2D eigenvalue weighted by atomic mass is 35.5. The molecule has 1 aliphatic carbocycles. The molecule has 0 bridgehead atoms. The summed E-state index contributed by atoms with van der Waals surface area (Å²) in [5, 5.41) is 6.82. The van der Waals surface area contributed by atoms with E-state index < -0.39 is 0 Å². The zero-order chi connectivity index (χ0) is 22.2. The van der Waals surface area contributed by atoms with E-state index in [1.807, 2.05) is 41.1 Å². The van der Waals surface area contributed by atoms with Crippen LogP contribution < -0.4 is 16.4 Å². The average Bonchev–Trinajstić information content (AvgIpc) is 3.27. The SMILES string of the molecule is CN[C@H](Cc1ccc(Cl)cc1)C(=O)N1CCC(N(C(=O)NCCN)C2CCCCC2)C1.Cl.Cl. The van der Waals surface area contributed by atoms with Crippen molar-refractivity contribution in [2.75, 3.05) is 33.2 Å². The van der Waals surface area contributed by atoms with Crippen molar-refractivity contribution >= 4 is 48.4 Å². The molecule has 1 unspecified atom stereocenters. The van der Waals surface area contributed by atoms with Crippen LogP contribution in [0.25, 0.3) is 0 Å². The van der Waals surface area contributed by atoms with Crippen molar-refractivity contribution in [3.8, 4) is 0 Å². The summed E-state index contributed by atoms with van der Waals surface area (Å²) in [7, 11) is 1.82. The number of benzene rings is 1. The molecule has 1 heterocycles. The van der Waals surface area contributed by atoms with Crippen molar-refractivity contribution < 1.29 is 9.59 Å². The number of carbonyl (C=O) groups is 2. The fourth-order valence-electron chi connectivity index (χ4n) is 4.82. The molecule has 188 valence electrons. The normalized spacial score (nSPS) is 19.2. The van der Waals surface area contributed by atoms with E-state index in [1.54, 1.807) is 0 Å². The summed E-state index contributed by atoms with van der Waals surface area (Å²) in [6, 6.07) is 7.58. The Hall–Kier alpha value is -1.25. The number of nitrogens with one attached hydrogen (secondary N) is 2. The summed E-state index contributed by atoms with van der Waals surface area (Å²) in [6.45, 7) is 2.16. The molecule has 33 heavy (non-hydrogen) atoms. The molecule has 0 spiro atoms. The monoisotopic (exact) mass is 521 g/mol. The Morgan fingerprint density at radius 1 is 1.12 bits per heavy atom. The van der Waals surface area contributed by atoms with Crippen LogP contribution in [0.5, 0.6) is 0 Å². The summed E-state index contributed by atoms with van der Waals surface area (Å²) in [5.41, 5.74) is 6.66. The fourth-order valence-corrected chi connectivity index (χ4v) is 4.94. The molecular weight excluding hydrogens is 485 g/mol. The van der Waals surface area contributed by atoms with Gasteiger partial charge in [0, 0.05) is 37.2 Å². The van der Waals surface area contributed by atoms with Gasteiger partial charge in [-0.25, -0.2) is 4.79 Å². The number of hydrogen-bond acceptors (Lipinski definition) is 4. The Bertz CT molecular complexity index is 731.